The molecule has 1 atom stereocenters. The SMILES string of the molecule is O=C(CSc1ccncc1)N1CCCC(Cc2nc(-c3ccsc3)no2)C1. The Hall–Kier alpha value is -2.19. The van der Waals surface area contributed by atoms with Gasteiger partial charge in [-0.25, -0.2) is 0 Å². The Labute approximate surface area is 166 Å². The molecule has 1 amide bonds. The first kappa shape index (κ1) is 18.2. The molecule has 1 aliphatic heterocycles. The van der Waals surface area contributed by atoms with Crippen molar-refractivity contribution >= 4 is 29.0 Å². The van der Waals surface area contributed by atoms with Gasteiger partial charge in [0.15, 0.2) is 0 Å². The largest absolute Gasteiger partial charge is 0.342 e. The molecule has 6 nitrogen and oxygen atoms in total. The minimum Gasteiger partial charge on any atom is -0.342 e. The van der Waals surface area contributed by atoms with Crippen LogP contribution in [0.2, 0.25) is 0 Å². The van der Waals surface area contributed by atoms with E-state index in [1.807, 2.05) is 33.9 Å². The van der Waals surface area contributed by atoms with E-state index in [1.54, 1.807) is 35.5 Å². The van der Waals surface area contributed by atoms with Crippen LogP contribution < -0.4 is 0 Å². The maximum absolute atomic E-state index is 12.6. The molecule has 4 heterocycles. The van der Waals surface area contributed by atoms with Crippen LogP contribution in [0.25, 0.3) is 11.4 Å². The monoisotopic (exact) mass is 400 g/mol. The third-order valence-corrected chi connectivity index (χ3v) is 6.27. The number of carbonyl (C=O) groups is 1. The van der Waals surface area contributed by atoms with Gasteiger partial charge < -0.3 is 9.42 Å². The van der Waals surface area contributed by atoms with Gasteiger partial charge in [-0.05, 0) is 42.3 Å². The molecule has 27 heavy (non-hydrogen) atoms. The van der Waals surface area contributed by atoms with E-state index in [9.17, 15) is 4.79 Å². The summed E-state index contributed by atoms with van der Waals surface area (Å²) in [6, 6.07) is 5.84. The third-order valence-electron chi connectivity index (χ3n) is 4.59. The van der Waals surface area contributed by atoms with Crippen molar-refractivity contribution in [3.05, 3.63) is 47.2 Å². The summed E-state index contributed by atoms with van der Waals surface area (Å²) in [5, 5.41) is 8.08. The summed E-state index contributed by atoms with van der Waals surface area (Å²) < 4.78 is 5.42. The van der Waals surface area contributed by atoms with Gasteiger partial charge in [0.05, 0.1) is 5.75 Å². The third kappa shape index (κ3) is 4.75. The van der Waals surface area contributed by atoms with Crippen molar-refractivity contribution in [2.24, 2.45) is 5.92 Å². The Bertz CT molecular complexity index is 867. The molecule has 8 heteroatoms. The first-order chi connectivity index (χ1) is 13.3. The van der Waals surface area contributed by atoms with Crippen LogP contribution in [-0.4, -0.2) is 44.8 Å². The molecular weight excluding hydrogens is 380 g/mol. The van der Waals surface area contributed by atoms with Gasteiger partial charge in [-0.3, -0.25) is 9.78 Å². The van der Waals surface area contributed by atoms with Crippen LogP contribution in [0.1, 0.15) is 18.7 Å². The summed E-state index contributed by atoms with van der Waals surface area (Å²) in [5.74, 6) is 2.31. The van der Waals surface area contributed by atoms with Crippen LogP contribution in [0, 0.1) is 5.92 Å². The van der Waals surface area contributed by atoms with E-state index in [0.717, 1.165) is 42.8 Å². The van der Waals surface area contributed by atoms with Gasteiger partial charge in [0.2, 0.25) is 17.6 Å². The fourth-order valence-corrected chi connectivity index (χ4v) is 4.64. The normalized spacial score (nSPS) is 17.2. The van der Waals surface area contributed by atoms with E-state index >= 15 is 0 Å². The fraction of sp³-hybridized carbons (Fsp3) is 0.368. The maximum Gasteiger partial charge on any atom is 0.232 e. The van der Waals surface area contributed by atoms with Crippen molar-refractivity contribution in [1.82, 2.24) is 20.0 Å². The summed E-state index contributed by atoms with van der Waals surface area (Å²) in [5.41, 5.74) is 0.989. The number of pyridine rings is 1. The number of thiophene rings is 1. The van der Waals surface area contributed by atoms with Gasteiger partial charge in [-0.15, -0.1) is 11.8 Å². The second-order valence-corrected chi connectivity index (χ2v) is 8.38. The van der Waals surface area contributed by atoms with Crippen molar-refractivity contribution in [1.29, 1.82) is 0 Å². The van der Waals surface area contributed by atoms with Crippen LogP contribution in [0.3, 0.4) is 0 Å². The number of amides is 1. The maximum atomic E-state index is 12.6. The Kier molecular flexibility index (Phi) is 5.84. The smallest absolute Gasteiger partial charge is 0.232 e. The number of nitrogens with zero attached hydrogens (tertiary/aromatic N) is 4. The molecule has 1 fully saturated rings. The molecule has 3 aromatic rings. The van der Waals surface area contributed by atoms with Gasteiger partial charge in [-0.2, -0.15) is 16.3 Å². The molecule has 3 aromatic heterocycles. The van der Waals surface area contributed by atoms with E-state index in [1.165, 1.54) is 0 Å². The Balaban J connectivity index is 1.31. The zero-order chi connectivity index (χ0) is 18.5. The van der Waals surface area contributed by atoms with Gasteiger partial charge in [0.25, 0.3) is 0 Å². The molecule has 0 bridgehead atoms. The van der Waals surface area contributed by atoms with Crippen molar-refractivity contribution in [2.75, 3.05) is 18.8 Å². The standard InChI is InChI=1S/C19H20N4O2S2/c24-18(13-27-16-3-6-20-7-4-16)23-8-1-2-14(11-23)10-17-21-19(22-25-17)15-5-9-26-12-15/h3-7,9,12,14H,1-2,8,10-11,13H2. The second-order valence-electron chi connectivity index (χ2n) is 6.55. The van der Waals surface area contributed by atoms with Crippen molar-refractivity contribution in [3.63, 3.8) is 0 Å². The summed E-state index contributed by atoms with van der Waals surface area (Å²) in [6.45, 7) is 1.59. The average molecular weight is 401 g/mol. The van der Waals surface area contributed by atoms with Crippen molar-refractivity contribution in [2.45, 2.75) is 24.2 Å². The molecular formula is C19H20N4O2S2. The lowest BCUT2D eigenvalue weighted by atomic mass is 9.95. The molecule has 0 saturated carbocycles. The molecule has 0 aliphatic carbocycles. The van der Waals surface area contributed by atoms with Crippen LogP contribution in [0.4, 0.5) is 0 Å². The molecule has 0 N–H and O–H groups in total. The number of hydrogen-bond acceptors (Lipinski definition) is 7. The highest BCUT2D eigenvalue weighted by atomic mass is 32.2. The molecule has 0 aromatic carbocycles. The molecule has 0 spiro atoms. The molecule has 1 saturated heterocycles. The van der Waals surface area contributed by atoms with E-state index in [-0.39, 0.29) is 5.91 Å². The van der Waals surface area contributed by atoms with Crippen LogP contribution in [-0.2, 0) is 11.2 Å². The first-order valence-electron chi connectivity index (χ1n) is 8.93. The molecule has 1 unspecified atom stereocenters. The lowest BCUT2D eigenvalue weighted by molar-refractivity contribution is -0.130. The van der Waals surface area contributed by atoms with Crippen LogP contribution in [0.5, 0.6) is 0 Å². The highest BCUT2D eigenvalue weighted by Gasteiger charge is 2.25. The zero-order valence-corrected chi connectivity index (χ0v) is 16.4. The summed E-state index contributed by atoms with van der Waals surface area (Å²) in [6.07, 6.45) is 6.31. The number of hydrogen-bond donors (Lipinski definition) is 0. The molecule has 140 valence electrons. The quantitative estimate of drug-likeness (QED) is 0.587. The predicted octanol–water partition coefficient (Wildman–Crippen LogP) is 3.77. The average Bonchev–Trinajstić information content (AvgIpc) is 3.39. The highest BCUT2D eigenvalue weighted by molar-refractivity contribution is 8.00. The van der Waals surface area contributed by atoms with Crippen molar-refractivity contribution < 1.29 is 9.32 Å². The van der Waals surface area contributed by atoms with Crippen LogP contribution in [0.15, 0.2) is 50.8 Å². The number of thioether (sulfide) groups is 1. The van der Waals surface area contributed by atoms with E-state index < -0.39 is 0 Å². The molecule has 4 rings (SSSR count). The zero-order valence-electron chi connectivity index (χ0n) is 14.8. The summed E-state index contributed by atoms with van der Waals surface area (Å²) in [4.78, 5) is 24.1. The molecule has 0 radical (unpaired) electrons. The lowest BCUT2D eigenvalue weighted by Crippen LogP contribution is -2.41. The number of rotatable bonds is 6. The van der Waals surface area contributed by atoms with E-state index in [4.69, 9.17) is 4.52 Å². The van der Waals surface area contributed by atoms with Gasteiger partial charge in [-0.1, -0.05) is 5.16 Å². The summed E-state index contributed by atoms with van der Waals surface area (Å²) in [7, 11) is 0. The Morgan fingerprint density at radius 3 is 3.04 bits per heavy atom. The fourth-order valence-electron chi connectivity index (χ4n) is 3.22. The van der Waals surface area contributed by atoms with Crippen molar-refractivity contribution in [3.8, 4) is 11.4 Å². The van der Waals surface area contributed by atoms with Gasteiger partial charge >= 0.3 is 0 Å². The van der Waals surface area contributed by atoms with Crippen LogP contribution >= 0.6 is 23.1 Å². The number of aromatic nitrogens is 3. The van der Waals surface area contributed by atoms with Gasteiger partial charge in [0, 0.05) is 47.7 Å². The highest BCUT2D eigenvalue weighted by Crippen LogP contribution is 2.24. The minimum atomic E-state index is 0.186. The van der Waals surface area contributed by atoms with E-state index in [0.29, 0.717) is 23.4 Å². The number of likely N-dealkylation sites (tertiary alicyclic amines) is 1. The van der Waals surface area contributed by atoms with E-state index in [2.05, 4.69) is 15.1 Å². The Morgan fingerprint density at radius 2 is 2.22 bits per heavy atom. The first-order valence-corrected chi connectivity index (χ1v) is 10.9. The number of piperidine rings is 1. The topological polar surface area (TPSA) is 72.1 Å². The summed E-state index contributed by atoms with van der Waals surface area (Å²) >= 11 is 3.17. The number of carbonyl (C=O) groups excluding carboxylic acids is 1. The van der Waals surface area contributed by atoms with Gasteiger partial charge in [0.1, 0.15) is 0 Å². The second kappa shape index (κ2) is 8.67. The lowest BCUT2D eigenvalue weighted by Gasteiger charge is -2.32. The minimum absolute atomic E-state index is 0.186. The molecule has 1 aliphatic rings. The predicted molar refractivity (Wildman–Crippen MR) is 106 cm³/mol. The Morgan fingerprint density at radius 1 is 1.33 bits per heavy atom.